The second-order valence-electron chi connectivity index (χ2n) is 7.19. The van der Waals surface area contributed by atoms with Crippen molar-refractivity contribution in [2.75, 3.05) is 0 Å². The van der Waals surface area contributed by atoms with E-state index in [-0.39, 0.29) is 18.2 Å². The van der Waals surface area contributed by atoms with Gasteiger partial charge in [-0.3, -0.25) is 4.79 Å². The SMILES string of the molecule is Cc1cc(OCc2ncccn2)cc(=O)n1[C@H](C)c1ccc(C#CC2CC2)nc1. The van der Waals surface area contributed by atoms with E-state index in [0.717, 1.165) is 17.0 Å². The first-order chi connectivity index (χ1) is 14.1. The quantitative estimate of drug-likeness (QED) is 0.630. The summed E-state index contributed by atoms with van der Waals surface area (Å²) >= 11 is 0. The standard InChI is InChI=1S/C23H22N4O2/c1-16-12-21(29-15-22-24-10-3-11-25-22)13-23(28)27(16)17(2)19-7-9-20(26-14-19)8-6-18-4-5-18/h3,7,9-14,17-18H,4-5,15H2,1-2H3/t17-/m1/s1. The highest BCUT2D eigenvalue weighted by Crippen LogP contribution is 2.27. The van der Waals surface area contributed by atoms with Crippen LogP contribution in [0.1, 0.15) is 48.6 Å². The molecule has 3 aromatic rings. The first kappa shape index (κ1) is 18.9. The summed E-state index contributed by atoms with van der Waals surface area (Å²) in [7, 11) is 0. The average molecular weight is 386 g/mol. The lowest BCUT2D eigenvalue weighted by molar-refractivity contribution is 0.294. The molecule has 1 aliphatic carbocycles. The van der Waals surface area contributed by atoms with E-state index in [4.69, 9.17) is 4.74 Å². The van der Waals surface area contributed by atoms with Gasteiger partial charge in [-0.05, 0) is 56.4 Å². The van der Waals surface area contributed by atoms with E-state index in [0.29, 0.717) is 17.5 Å². The molecule has 6 heteroatoms. The van der Waals surface area contributed by atoms with Crippen molar-refractivity contribution in [3.05, 3.63) is 82.1 Å². The minimum Gasteiger partial charge on any atom is -0.485 e. The van der Waals surface area contributed by atoms with Crippen molar-refractivity contribution in [2.45, 2.75) is 39.3 Å². The summed E-state index contributed by atoms with van der Waals surface area (Å²) in [6, 6.07) is 8.85. The number of aromatic nitrogens is 4. The Bertz CT molecular complexity index is 1110. The fraction of sp³-hybridized carbons (Fsp3) is 0.304. The summed E-state index contributed by atoms with van der Waals surface area (Å²) in [5.74, 6) is 7.95. The van der Waals surface area contributed by atoms with Crippen LogP contribution >= 0.6 is 0 Å². The normalized spacial score (nSPS) is 14.0. The van der Waals surface area contributed by atoms with E-state index in [9.17, 15) is 4.79 Å². The molecule has 146 valence electrons. The summed E-state index contributed by atoms with van der Waals surface area (Å²) in [6.45, 7) is 4.10. The van der Waals surface area contributed by atoms with Crippen LogP contribution < -0.4 is 10.3 Å². The third-order valence-electron chi connectivity index (χ3n) is 4.86. The number of ether oxygens (including phenoxy) is 1. The molecule has 0 aromatic carbocycles. The van der Waals surface area contributed by atoms with E-state index in [1.165, 1.54) is 18.9 Å². The molecule has 3 heterocycles. The topological polar surface area (TPSA) is 69.9 Å². The maximum atomic E-state index is 12.7. The van der Waals surface area contributed by atoms with Crippen LogP contribution in [0.3, 0.4) is 0 Å². The van der Waals surface area contributed by atoms with E-state index in [2.05, 4.69) is 26.8 Å². The van der Waals surface area contributed by atoms with Crippen LogP contribution in [0.4, 0.5) is 0 Å². The first-order valence-corrected chi connectivity index (χ1v) is 9.69. The van der Waals surface area contributed by atoms with Crippen molar-refractivity contribution in [1.82, 2.24) is 19.5 Å². The minimum absolute atomic E-state index is 0.126. The summed E-state index contributed by atoms with van der Waals surface area (Å²) < 4.78 is 7.43. The Labute approximate surface area is 169 Å². The zero-order valence-electron chi connectivity index (χ0n) is 16.5. The van der Waals surface area contributed by atoms with E-state index >= 15 is 0 Å². The Morgan fingerprint density at radius 3 is 2.66 bits per heavy atom. The third kappa shape index (κ3) is 4.69. The van der Waals surface area contributed by atoms with E-state index in [1.807, 2.05) is 32.0 Å². The molecule has 29 heavy (non-hydrogen) atoms. The second kappa shape index (κ2) is 8.27. The molecule has 1 saturated carbocycles. The van der Waals surface area contributed by atoms with Crippen molar-refractivity contribution in [2.24, 2.45) is 5.92 Å². The van der Waals surface area contributed by atoms with Crippen LogP contribution in [0.5, 0.6) is 5.75 Å². The van der Waals surface area contributed by atoms with Gasteiger partial charge in [0.1, 0.15) is 18.1 Å². The van der Waals surface area contributed by atoms with Gasteiger partial charge >= 0.3 is 0 Å². The van der Waals surface area contributed by atoms with E-state index in [1.54, 1.807) is 29.2 Å². The van der Waals surface area contributed by atoms with Crippen LogP contribution in [0.25, 0.3) is 0 Å². The van der Waals surface area contributed by atoms with Crippen molar-refractivity contribution in [3.63, 3.8) is 0 Å². The Balaban J connectivity index is 1.50. The zero-order valence-corrected chi connectivity index (χ0v) is 16.5. The summed E-state index contributed by atoms with van der Waals surface area (Å²) in [5, 5.41) is 0. The predicted octanol–water partition coefficient (Wildman–Crippen LogP) is 3.29. The Hall–Kier alpha value is -3.46. The lowest BCUT2D eigenvalue weighted by Gasteiger charge is -2.19. The number of pyridine rings is 2. The van der Waals surface area contributed by atoms with Crippen molar-refractivity contribution >= 4 is 0 Å². The monoisotopic (exact) mass is 386 g/mol. The van der Waals surface area contributed by atoms with Crippen LogP contribution in [-0.4, -0.2) is 19.5 Å². The van der Waals surface area contributed by atoms with Crippen molar-refractivity contribution in [1.29, 1.82) is 0 Å². The fourth-order valence-corrected chi connectivity index (χ4v) is 3.09. The van der Waals surface area contributed by atoms with E-state index < -0.39 is 0 Å². The molecule has 0 amide bonds. The largest absolute Gasteiger partial charge is 0.485 e. The third-order valence-corrected chi connectivity index (χ3v) is 4.86. The van der Waals surface area contributed by atoms with Gasteiger partial charge in [0.25, 0.3) is 5.56 Å². The van der Waals surface area contributed by atoms with Gasteiger partial charge in [0.2, 0.25) is 0 Å². The van der Waals surface area contributed by atoms with Gasteiger partial charge in [-0.1, -0.05) is 12.0 Å². The maximum absolute atomic E-state index is 12.7. The number of aryl methyl sites for hydroxylation is 1. The van der Waals surface area contributed by atoms with Gasteiger partial charge < -0.3 is 9.30 Å². The zero-order chi connectivity index (χ0) is 20.2. The lowest BCUT2D eigenvalue weighted by Crippen LogP contribution is -2.25. The minimum atomic E-state index is -0.146. The maximum Gasteiger partial charge on any atom is 0.255 e. The Morgan fingerprint density at radius 1 is 1.21 bits per heavy atom. The first-order valence-electron chi connectivity index (χ1n) is 9.69. The molecule has 0 spiro atoms. The van der Waals surface area contributed by atoms with Gasteiger partial charge in [0.05, 0.1) is 6.04 Å². The molecule has 4 rings (SSSR count). The second-order valence-corrected chi connectivity index (χ2v) is 7.19. The van der Waals surface area contributed by atoms with Crippen LogP contribution in [0.15, 0.2) is 53.7 Å². The number of rotatable bonds is 5. The highest BCUT2D eigenvalue weighted by molar-refractivity contribution is 5.32. The molecule has 0 radical (unpaired) electrons. The number of hydrogen-bond acceptors (Lipinski definition) is 5. The van der Waals surface area contributed by atoms with Crippen LogP contribution in [0, 0.1) is 24.7 Å². The lowest BCUT2D eigenvalue weighted by atomic mass is 10.1. The summed E-state index contributed by atoms with van der Waals surface area (Å²) in [6.07, 6.45) is 7.51. The van der Waals surface area contributed by atoms with Gasteiger partial charge in [-0.2, -0.15) is 0 Å². The summed E-state index contributed by atoms with van der Waals surface area (Å²) in [4.78, 5) is 25.4. The molecule has 1 atom stereocenters. The van der Waals surface area contributed by atoms with Crippen molar-refractivity contribution < 1.29 is 4.74 Å². The highest BCUT2D eigenvalue weighted by Gasteiger charge is 2.18. The molecule has 1 fully saturated rings. The Morgan fingerprint density at radius 2 is 2.00 bits per heavy atom. The van der Waals surface area contributed by atoms with Crippen LogP contribution in [0.2, 0.25) is 0 Å². The highest BCUT2D eigenvalue weighted by atomic mass is 16.5. The Kier molecular flexibility index (Phi) is 5.39. The smallest absolute Gasteiger partial charge is 0.255 e. The predicted molar refractivity (Wildman–Crippen MR) is 109 cm³/mol. The molecule has 0 aliphatic heterocycles. The molecule has 0 N–H and O–H groups in total. The molecular weight excluding hydrogens is 364 g/mol. The molecular formula is C23H22N4O2. The number of hydrogen-bond donors (Lipinski definition) is 0. The average Bonchev–Trinajstić information content (AvgIpc) is 3.56. The fourth-order valence-electron chi connectivity index (χ4n) is 3.09. The van der Waals surface area contributed by atoms with Gasteiger partial charge in [0, 0.05) is 36.3 Å². The van der Waals surface area contributed by atoms with Gasteiger partial charge in [-0.15, -0.1) is 0 Å². The molecule has 0 saturated heterocycles. The molecule has 3 aromatic heterocycles. The van der Waals surface area contributed by atoms with Gasteiger partial charge in [-0.25, -0.2) is 15.0 Å². The van der Waals surface area contributed by atoms with Crippen molar-refractivity contribution in [3.8, 4) is 17.6 Å². The number of nitrogens with zero attached hydrogens (tertiary/aromatic N) is 4. The molecule has 6 nitrogen and oxygen atoms in total. The van der Waals surface area contributed by atoms with Gasteiger partial charge in [0.15, 0.2) is 5.82 Å². The molecule has 0 bridgehead atoms. The molecule has 1 aliphatic rings. The summed E-state index contributed by atoms with van der Waals surface area (Å²) in [5.41, 5.74) is 2.41. The van der Waals surface area contributed by atoms with Crippen LogP contribution in [-0.2, 0) is 6.61 Å². The molecule has 0 unspecified atom stereocenters.